The number of carbonyl (C=O) groups is 1. The number of methoxy groups -OCH3 is 2. The summed E-state index contributed by atoms with van der Waals surface area (Å²) in [6.45, 7) is 6.57. The normalized spacial score (nSPS) is 10.6. The minimum absolute atomic E-state index is 0.220. The minimum Gasteiger partial charge on any atom is -0.493 e. The van der Waals surface area contributed by atoms with E-state index >= 15 is 0 Å². The van der Waals surface area contributed by atoms with Gasteiger partial charge in [-0.2, -0.15) is 5.10 Å². The zero-order chi connectivity index (χ0) is 20.3. The molecule has 0 radical (unpaired) electrons. The smallest absolute Gasteiger partial charge is 0.255 e. The molecule has 0 atom stereocenters. The van der Waals surface area contributed by atoms with E-state index in [2.05, 4.69) is 35.5 Å². The second-order valence-corrected chi connectivity index (χ2v) is 6.72. The van der Waals surface area contributed by atoms with Gasteiger partial charge in [-0.3, -0.25) is 9.48 Å². The number of ether oxygens (including phenoxy) is 2. The first-order chi connectivity index (χ1) is 13.4. The van der Waals surface area contributed by atoms with Crippen LogP contribution in [0, 0.1) is 20.8 Å². The van der Waals surface area contributed by atoms with Crippen molar-refractivity contribution in [3.63, 3.8) is 0 Å². The quantitative estimate of drug-likeness (QED) is 0.699. The molecule has 0 aliphatic rings. The van der Waals surface area contributed by atoms with Crippen LogP contribution < -0.4 is 14.8 Å². The van der Waals surface area contributed by atoms with Crippen molar-refractivity contribution in [2.75, 3.05) is 19.5 Å². The first-order valence-corrected chi connectivity index (χ1v) is 9.06. The van der Waals surface area contributed by atoms with Gasteiger partial charge in [-0.1, -0.05) is 29.8 Å². The van der Waals surface area contributed by atoms with Crippen LogP contribution in [0.2, 0.25) is 0 Å². The number of rotatable bonds is 6. The van der Waals surface area contributed by atoms with Crippen LogP contribution in [0.4, 0.5) is 5.69 Å². The summed E-state index contributed by atoms with van der Waals surface area (Å²) < 4.78 is 12.4. The second kappa shape index (κ2) is 8.17. The van der Waals surface area contributed by atoms with E-state index < -0.39 is 0 Å². The Bertz CT molecular complexity index is 1010. The van der Waals surface area contributed by atoms with Crippen LogP contribution in [0.3, 0.4) is 0 Å². The lowest BCUT2D eigenvalue weighted by atomic mass is 10.1. The Hall–Kier alpha value is -3.28. The molecule has 1 amide bonds. The molecule has 1 heterocycles. The lowest BCUT2D eigenvalue weighted by Gasteiger charge is -2.10. The van der Waals surface area contributed by atoms with E-state index in [0.717, 1.165) is 17.1 Å². The first kappa shape index (κ1) is 19.5. The fourth-order valence-corrected chi connectivity index (χ4v) is 3.18. The summed E-state index contributed by atoms with van der Waals surface area (Å²) in [7, 11) is 3.11. The maximum Gasteiger partial charge on any atom is 0.255 e. The Morgan fingerprint density at radius 2 is 1.79 bits per heavy atom. The molecule has 0 aliphatic carbocycles. The number of carbonyl (C=O) groups excluding carboxylic acids is 1. The molecule has 6 heteroatoms. The predicted molar refractivity (Wildman–Crippen MR) is 109 cm³/mol. The third kappa shape index (κ3) is 4.01. The third-order valence-corrected chi connectivity index (χ3v) is 4.68. The molecule has 0 bridgehead atoms. The number of nitrogens with zero attached hydrogens (tertiary/aromatic N) is 2. The van der Waals surface area contributed by atoms with Gasteiger partial charge in [-0.25, -0.2) is 0 Å². The molecule has 2 aromatic carbocycles. The van der Waals surface area contributed by atoms with E-state index in [9.17, 15) is 4.79 Å². The van der Waals surface area contributed by atoms with Crippen molar-refractivity contribution in [2.45, 2.75) is 27.3 Å². The second-order valence-electron chi connectivity index (χ2n) is 6.72. The topological polar surface area (TPSA) is 65.4 Å². The average molecular weight is 379 g/mol. The van der Waals surface area contributed by atoms with Crippen molar-refractivity contribution >= 4 is 11.6 Å². The van der Waals surface area contributed by atoms with Gasteiger partial charge in [0.05, 0.1) is 37.8 Å². The highest BCUT2D eigenvalue weighted by molar-refractivity contribution is 6.05. The van der Waals surface area contributed by atoms with Crippen LogP contribution in [-0.2, 0) is 6.54 Å². The highest BCUT2D eigenvalue weighted by atomic mass is 16.5. The van der Waals surface area contributed by atoms with Crippen LogP contribution in [0.5, 0.6) is 11.5 Å². The van der Waals surface area contributed by atoms with Crippen molar-refractivity contribution in [1.29, 1.82) is 0 Å². The molecule has 3 aromatic rings. The van der Waals surface area contributed by atoms with Gasteiger partial charge < -0.3 is 14.8 Å². The maximum atomic E-state index is 12.8. The van der Waals surface area contributed by atoms with Crippen molar-refractivity contribution < 1.29 is 14.3 Å². The van der Waals surface area contributed by atoms with Gasteiger partial charge in [0.15, 0.2) is 11.5 Å². The standard InChI is InChI=1S/C22H25N3O3/c1-14-7-6-8-17(11-14)13-25-16(3)21(15(2)24-25)23-22(26)18-9-10-19(27-4)20(12-18)28-5/h6-12H,13H2,1-5H3,(H,23,26). The van der Waals surface area contributed by atoms with Crippen molar-refractivity contribution in [1.82, 2.24) is 9.78 Å². The maximum absolute atomic E-state index is 12.8. The third-order valence-electron chi connectivity index (χ3n) is 4.68. The Morgan fingerprint density at radius 3 is 2.46 bits per heavy atom. The molecular formula is C22H25N3O3. The van der Waals surface area contributed by atoms with E-state index in [-0.39, 0.29) is 5.91 Å². The van der Waals surface area contributed by atoms with E-state index in [1.807, 2.05) is 24.6 Å². The lowest BCUT2D eigenvalue weighted by Crippen LogP contribution is -2.13. The number of hydrogen-bond donors (Lipinski definition) is 1. The SMILES string of the molecule is COc1ccc(C(=O)Nc2c(C)nn(Cc3cccc(C)c3)c2C)cc1OC. The molecule has 1 aromatic heterocycles. The van der Waals surface area contributed by atoms with Gasteiger partial charge >= 0.3 is 0 Å². The van der Waals surface area contributed by atoms with Crippen LogP contribution in [0.15, 0.2) is 42.5 Å². The van der Waals surface area contributed by atoms with Gasteiger partial charge in [-0.15, -0.1) is 0 Å². The fourth-order valence-electron chi connectivity index (χ4n) is 3.18. The number of aromatic nitrogens is 2. The molecule has 0 saturated heterocycles. The minimum atomic E-state index is -0.220. The molecule has 146 valence electrons. The van der Waals surface area contributed by atoms with E-state index in [0.29, 0.717) is 23.6 Å². The van der Waals surface area contributed by atoms with Crippen molar-refractivity contribution in [3.8, 4) is 11.5 Å². The van der Waals surface area contributed by atoms with Gasteiger partial charge in [0, 0.05) is 5.56 Å². The number of benzene rings is 2. The Balaban J connectivity index is 1.83. The summed E-state index contributed by atoms with van der Waals surface area (Å²) in [4.78, 5) is 12.8. The van der Waals surface area contributed by atoms with Crippen LogP contribution in [0.25, 0.3) is 0 Å². The molecule has 6 nitrogen and oxygen atoms in total. The predicted octanol–water partition coefficient (Wildman–Crippen LogP) is 4.13. The summed E-state index contributed by atoms with van der Waals surface area (Å²) in [5.41, 5.74) is 5.28. The number of aryl methyl sites for hydroxylation is 2. The molecule has 0 spiro atoms. The van der Waals surface area contributed by atoms with E-state index in [4.69, 9.17) is 9.47 Å². The van der Waals surface area contributed by atoms with Crippen LogP contribution >= 0.6 is 0 Å². The molecule has 28 heavy (non-hydrogen) atoms. The number of anilines is 1. The van der Waals surface area contributed by atoms with E-state index in [1.165, 1.54) is 11.1 Å². The molecule has 3 rings (SSSR count). The van der Waals surface area contributed by atoms with E-state index in [1.54, 1.807) is 32.4 Å². The first-order valence-electron chi connectivity index (χ1n) is 9.06. The van der Waals surface area contributed by atoms with Gasteiger partial charge in [0.2, 0.25) is 0 Å². The van der Waals surface area contributed by atoms with Gasteiger partial charge in [0.25, 0.3) is 5.91 Å². The number of amides is 1. The Morgan fingerprint density at radius 1 is 1.04 bits per heavy atom. The average Bonchev–Trinajstić information content (AvgIpc) is 2.94. The highest BCUT2D eigenvalue weighted by Crippen LogP contribution is 2.28. The van der Waals surface area contributed by atoms with Crippen LogP contribution in [-0.4, -0.2) is 29.9 Å². The molecular weight excluding hydrogens is 354 g/mol. The zero-order valence-electron chi connectivity index (χ0n) is 16.9. The number of nitrogens with one attached hydrogen (secondary N) is 1. The Kier molecular flexibility index (Phi) is 5.68. The number of hydrogen-bond acceptors (Lipinski definition) is 4. The van der Waals surface area contributed by atoms with Crippen molar-refractivity contribution in [2.24, 2.45) is 0 Å². The summed E-state index contributed by atoms with van der Waals surface area (Å²) in [6.07, 6.45) is 0. The summed E-state index contributed by atoms with van der Waals surface area (Å²) in [5.74, 6) is 0.874. The summed E-state index contributed by atoms with van der Waals surface area (Å²) in [5, 5.41) is 7.58. The van der Waals surface area contributed by atoms with Crippen molar-refractivity contribution in [3.05, 3.63) is 70.5 Å². The van der Waals surface area contributed by atoms with Crippen LogP contribution in [0.1, 0.15) is 32.9 Å². The molecule has 0 aliphatic heterocycles. The molecule has 1 N–H and O–H groups in total. The monoisotopic (exact) mass is 379 g/mol. The molecule has 0 fully saturated rings. The largest absolute Gasteiger partial charge is 0.493 e. The van der Waals surface area contributed by atoms with Gasteiger partial charge in [-0.05, 0) is 44.5 Å². The zero-order valence-corrected chi connectivity index (χ0v) is 16.9. The lowest BCUT2D eigenvalue weighted by molar-refractivity contribution is 0.102. The van der Waals surface area contributed by atoms with Gasteiger partial charge in [0.1, 0.15) is 0 Å². The summed E-state index contributed by atoms with van der Waals surface area (Å²) >= 11 is 0. The molecule has 0 saturated carbocycles. The Labute approximate surface area is 165 Å². The fraction of sp³-hybridized carbons (Fsp3) is 0.273. The summed E-state index contributed by atoms with van der Waals surface area (Å²) in [6, 6.07) is 13.4. The molecule has 0 unspecified atom stereocenters. The highest BCUT2D eigenvalue weighted by Gasteiger charge is 2.17.